The Labute approximate surface area is 175 Å². The van der Waals surface area contributed by atoms with Gasteiger partial charge in [0, 0.05) is 6.04 Å². The number of hydrogen-bond acceptors (Lipinski definition) is 4. The van der Waals surface area contributed by atoms with Crippen LogP contribution < -0.4 is 10.6 Å². The van der Waals surface area contributed by atoms with Crippen molar-refractivity contribution in [2.75, 3.05) is 6.61 Å². The molecule has 154 valence electrons. The highest BCUT2D eigenvalue weighted by Crippen LogP contribution is 2.14. The van der Waals surface area contributed by atoms with Crippen molar-refractivity contribution in [3.8, 4) is 0 Å². The third kappa shape index (κ3) is 7.58. The third-order valence-corrected chi connectivity index (χ3v) is 4.61. The van der Waals surface area contributed by atoms with Crippen LogP contribution in [-0.2, 0) is 20.7 Å². The molecule has 2 aromatic rings. The molecule has 0 aromatic heterocycles. The number of esters is 1. The highest BCUT2D eigenvalue weighted by atomic mass is 35.5. The highest BCUT2D eigenvalue weighted by molar-refractivity contribution is 6.33. The topological polar surface area (TPSA) is 84.5 Å². The molecule has 2 amide bonds. The first-order valence-corrected chi connectivity index (χ1v) is 9.80. The number of rotatable bonds is 9. The normalized spacial score (nSPS) is 12.5. The average molecular weight is 417 g/mol. The molecule has 7 heteroatoms. The summed E-state index contributed by atoms with van der Waals surface area (Å²) in [5.41, 5.74) is 1.46. The summed E-state index contributed by atoms with van der Waals surface area (Å²) in [6, 6.07) is 15.5. The Bertz CT molecular complexity index is 842. The van der Waals surface area contributed by atoms with Gasteiger partial charge in [0.05, 0.1) is 10.6 Å². The number of aryl methyl sites for hydroxylation is 1. The van der Waals surface area contributed by atoms with Crippen LogP contribution in [0.1, 0.15) is 36.2 Å². The second-order valence-electron chi connectivity index (χ2n) is 6.78. The molecule has 0 saturated carbocycles. The molecule has 2 atom stereocenters. The van der Waals surface area contributed by atoms with Gasteiger partial charge in [-0.1, -0.05) is 54.1 Å². The van der Waals surface area contributed by atoms with Crippen molar-refractivity contribution in [3.63, 3.8) is 0 Å². The van der Waals surface area contributed by atoms with E-state index >= 15 is 0 Å². The minimum atomic E-state index is -0.915. The van der Waals surface area contributed by atoms with E-state index in [2.05, 4.69) is 10.6 Å². The summed E-state index contributed by atoms with van der Waals surface area (Å²) in [6.07, 6.45) is 1.61. The van der Waals surface area contributed by atoms with Gasteiger partial charge in [0.1, 0.15) is 6.04 Å². The molecule has 0 heterocycles. The second kappa shape index (κ2) is 11.2. The number of hydrogen-bond donors (Lipinski definition) is 2. The molecule has 29 heavy (non-hydrogen) atoms. The summed E-state index contributed by atoms with van der Waals surface area (Å²) >= 11 is 5.97. The summed E-state index contributed by atoms with van der Waals surface area (Å²) in [6.45, 7) is 2.98. The minimum Gasteiger partial charge on any atom is -0.454 e. The molecule has 2 rings (SSSR count). The van der Waals surface area contributed by atoms with Gasteiger partial charge in [0.2, 0.25) is 0 Å². The van der Waals surface area contributed by atoms with E-state index in [0.29, 0.717) is 0 Å². The van der Waals surface area contributed by atoms with Crippen molar-refractivity contribution in [1.82, 2.24) is 10.6 Å². The first kappa shape index (κ1) is 22.4. The van der Waals surface area contributed by atoms with Crippen molar-refractivity contribution in [2.24, 2.45) is 0 Å². The molecular formula is C22H25ClN2O4. The number of ether oxygens (including phenoxy) is 1. The van der Waals surface area contributed by atoms with Crippen LogP contribution in [0.15, 0.2) is 54.6 Å². The Kier molecular flexibility index (Phi) is 8.68. The fourth-order valence-corrected chi connectivity index (χ4v) is 2.88. The van der Waals surface area contributed by atoms with Crippen LogP contribution in [0.2, 0.25) is 5.02 Å². The standard InChI is InChI=1S/C22H25ClN2O4/c1-15(12-13-17-8-4-3-5-9-17)24-20(26)14-29-22(28)16(2)25-21(27)18-10-6-7-11-19(18)23/h3-11,15-16H,12-14H2,1-2H3,(H,24,26)(H,25,27)/t15-,16-/m0/s1. The summed E-state index contributed by atoms with van der Waals surface area (Å²) in [5.74, 6) is -1.57. The number of benzene rings is 2. The maximum absolute atomic E-state index is 12.2. The summed E-state index contributed by atoms with van der Waals surface area (Å²) in [7, 11) is 0. The van der Waals surface area contributed by atoms with Gasteiger partial charge in [-0.15, -0.1) is 0 Å². The lowest BCUT2D eigenvalue weighted by molar-refractivity contribution is -0.150. The predicted molar refractivity (Wildman–Crippen MR) is 112 cm³/mol. The Morgan fingerprint density at radius 2 is 1.62 bits per heavy atom. The number of amides is 2. The highest BCUT2D eigenvalue weighted by Gasteiger charge is 2.20. The smallest absolute Gasteiger partial charge is 0.328 e. The minimum absolute atomic E-state index is 0.0567. The van der Waals surface area contributed by atoms with E-state index in [4.69, 9.17) is 16.3 Å². The molecule has 6 nitrogen and oxygen atoms in total. The van der Waals surface area contributed by atoms with Gasteiger partial charge in [0.25, 0.3) is 11.8 Å². The van der Waals surface area contributed by atoms with Crippen LogP contribution in [0.5, 0.6) is 0 Å². The van der Waals surface area contributed by atoms with E-state index in [1.54, 1.807) is 24.3 Å². The molecule has 0 spiro atoms. The zero-order chi connectivity index (χ0) is 21.2. The van der Waals surface area contributed by atoms with Gasteiger partial charge in [-0.3, -0.25) is 9.59 Å². The third-order valence-electron chi connectivity index (χ3n) is 4.28. The second-order valence-corrected chi connectivity index (χ2v) is 7.18. The molecule has 0 aliphatic carbocycles. The van der Waals surface area contributed by atoms with Crippen molar-refractivity contribution >= 4 is 29.4 Å². The van der Waals surface area contributed by atoms with Gasteiger partial charge in [-0.25, -0.2) is 4.79 Å². The van der Waals surface area contributed by atoms with E-state index in [1.807, 2.05) is 37.3 Å². The number of nitrogens with one attached hydrogen (secondary N) is 2. The zero-order valence-electron chi connectivity index (χ0n) is 16.5. The van der Waals surface area contributed by atoms with Crippen LogP contribution in [0.4, 0.5) is 0 Å². The Morgan fingerprint density at radius 1 is 0.966 bits per heavy atom. The lowest BCUT2D eigenvalue weighted by Crippen LogP contribution is -2.42. The van der Waals surface area contributed by atoms with Crippen LogP contribution in [-0.4, -0.2) is 36.5 Å². The van der Waals surface area contributed by atoms with Crippen LogP contribution >= 0.6 is 11.6 Å². The molecule has 0 aliphatic rings. The Morgan fingerprint density at radius 3 is 2.31 bits per heavy atom. The van der Waals surface area contributed by atoms with Crippen molar-refractivity contribution < 1.29 is 19.1 Å². The van der Waals surface area contributed by atoms with E-state index in [-0.39, 0.29) is 22.5 Å². The van der Waals surface area contributed by atoms with Gasteiger partial charge in [0.15, 0.2) is 6.61 Å². The number of halogens is 1. The van der Waals surface area contributed by atoms with Crippen molar-refractivity contribution in [2.45, 2.75) is 38.8 Å². The Hall–Kier alpha value is -2.86. The maximum Gasteiger partial charge on any atom is 0.328 e. The molecule has 0 saturated heterocycles. The van der Waals surface area contributed by atoms with Crippen molar-refractivity contribution in [3.05, 3.63) is 70.7 Å². The summed E-state index contributed by atoms with van der Waals surface area (Å²) in [4.78, 5) is 36.2. The molecule has 0 aliphatic heterocycles. The monoisotopic (exact) mass is 416 g/mol. The fourth-order valence-electron chi connectivity index (χ4n) is 2.66. The first-order chi connectivity index (χ1) is 13.9. The molecule has 0 radical (unpaired) electrons. The number of carbonyl (C=O) groups excluding carboxylic acids is 3. The van der Waals surface area contributed by atoms with Crippen LogP contribution in [0.3, 0.4) is 0 Å². The summed E-state index contributed by atoms with van der Waals surface area (Å²) < 4.78 is 5.00. The molecule has 2 aromatic carbocycles. The molecular weight excluding hydrogens is 392 g/mol. The molecule has 0 bridgehead atoms. The van der Waals surface area contributed by atoms with Gasteiger partial charge in [-0.05, 0) is 44.4 Å². The zero-order valence-corrected chi connectivity index (χ0v) is 17.2. The molecule has 0 unspecified atom stereocenters. The average Bonchev–Trinajstić information content (AvgIpc) is 2.71. The van der Waals surface area contributed by atoms with Crippen LogP contribution in [0, 0.1) is 0 Å². The van der Waals surface area contributed by atoms with Crippen LogP contribution in [0.25, 0.3) is 0 Å². The van der Waals surface area contributed by atoms with E-state index in [1.165, 1.54) is 12.5 Å². The lowest BCUT2D eigenvalue weighted by Gasteiger charge is -2.16. The van der Waals surface area contributed by atoms with Crippen molar-refractivity contribution in [1.29, 1.82) is 0 Å². The largest absolute Gasteiger partial charge is 0.454 e. The molecule has 2 N–H and O–H groups in total. The molecule has 0 fully saturated rings. The fraction of sp³-hybridized carbons (Fsp3) is 0.318. The SMILES string of the molecule is C[C@H](NC(=O)c1ccccc1Cl)C(=O)OCC(=O)N[C@@H](C)CCc1ccccc1. The first-order valence-electron chi connectivity index (χ1n) is 9.42. The number of carbonyl (C=O) groups is 3. The summed E-state index contributed by atoms with van der Waals surface area (Å²) in [5, 5.41) is 5.59. The quantitative estimate of drug-likeness (QED) is 0.615. The van der Waals surface area contributed by atoms with E-state index in [9.17, 15) is 14.4 Å². The van der Waals surface area contributed by atoms with E-state index in [0.717, 1.165) is 12.8 Å². The van der Waals surface area contributed by atoms with E-state index < -0.39 is 24.5 Å². The van der Waals surface area contributed by atoms with Gasteiger partial charge < -0.3 is 15.4 Å². The van der Waals surface area contributed by atoms with Gasteiger partial charge >= 0.3 is 5.97 Å². The maximum atomic E-state index is 12.2. The predicted octanol–water partition coefficient (Wildman–Crippen LogP) is 3.14. The Balaban J connectivity index is 1.71. The van der Waals surface area contributed by atoms with Gasteiger partial charge in [-0.2, -0.15) is 0 Å². The lowest BCUT2D eigenvalue weighted by atomic mass is 10.1.